The molecule has 22 heavy (non-hydrogen) atoms. The Kier molecular flexibility index (Phi) is 6.14. The standard InChI is InChI=1S/C15H28N4O2S/c1-5-13-16-14(22-17-13)19-8-6-18(7-9-19)10-12(20)11-21-15(2,3)4/h12,20H,5-11H2,1-4H3. The highest BCUT2D eigenvalue weighted by Crippen LogP contribution is 2.19. The number of nitrogens with zero attached hydrogens (tertiary/aromatic N) is 4. The van der Waals surface area contributed by atoms with Crippen molar-refractivity contribution in [3.8, 4) is 0 Å². The van der Waals surface area contributed by atoms with E-state index in [1.807, 2.05) is 20.8 Å². The molecule has 1 aliphatic heterocycles. The van der Waals surface area contributed by atoms with Crippen LogP contribution in [0.1, 0.15) is 33.5 Å². The molecular weight excluding hydrogens is 300 g/mol. The zero-order valence-electron chi connectivity index (χ0n) is 14.1. The van der Waals surface area contributed by atoms with Crippen LogP contribution in [0.5, 0.6) is 0 Å². The Hall–Kier alpha value is -0.760. The van der Waals surface area contributed by atoms with Crippen LogP contribution < -0.4 is 4.90 Å². The maximum atomic E-state index is 10.1. The summed E-state index contributed by atoms with van der Waals surface area (Å²) in [6.45, 7) is 12.9. The number of β-amino-alcohol motifs (C(OH)–C–C–N with tert-alkyl or cyclic N) is 1. The maximum Gasteiger partial charge on any atom is 0.205 e. The van der Waals surface area contributed by atoms with Crippen molar-refractivity contribution in [3.05, 3.63) is 5.82 Å². The lowest BCUT2D eigenvalue weighted by atomic mass is 10.2. The van der Waals surface area contributed by atoms with Crippen molar-refractivity contribution in [2.75, 3.05) is 44.2 Å². The third kappa shape index (κ3) is 5.46. The van der Waals surface area contributed by atoms with E-state index in [9.17, 15) is 5.11 Å². The zero-order valence-corrected chi connectivity index (χ0v) is 14.9. The lowest BCUT2D eigenvalue weighted by molar-refractivity contribution is -0.0563. The summed E-state index contributed by atoms with van der Waals surface area (Å²) in [5.74, 6) is 0.928. The van der Waals surface area contributed by atoms with Gasteiger partial charge < -0.3 is 14.7 Å². The Morgan fingerprint density at radius 1 is 1.27 bits per heavy atom. The lowest BCUT2D eigenvalue weighted by Crippen LogP contribution is -2.49. The van der Waals surface area contributed by atoms with Crippen LogP contribution in [0, 0.1) is 0 Å². The Morgan fingerprint density at radius 3 is 2.50 bits per heavy atom. The number of hydrogen-bond acceptors (Lipinski definition) is 7. The number of piperazine rings is 1. The van der Waals surface area contributed by atoms with Crippen LogP contribution in [0.15, 0.2) is 0 Å². The number of rotatable bonds is 6. The van der Waals surface area contributed by atoms with Crippen molar-refractivity contribution < 1.29 is 9.84 Å². The molecule has 0 spiro atoms. The highest BCUT2D eigenvalue weighted by Gasteiger charge is 2.22. The number of aliphatic hydroxyl groups is 1. The fourth-order valence-corrected chi connectivity index (χ4v) is 3.14. The van der Waals surface area contributed by atoms with Crippen LogP contribution in [0.2, 0.25) is 0 Å². The number of hydrogen-bond donors (Lipinski definition) is 1. The first-order chi connectivity index (χ1) is 10.4. The molecule has 1 aliphatic rings. The largest absolute Gasteiger partial charge is 0.389 e. The van der Waals surface area contributed by atoms with Gasteiger partial charge in [0.25, 0.3) is 0 Å². The number of anilines is 1. The van der Waals surface area contributed by atoms with Gasteiger partial charge in [-0.15, -0.1) is 0 Å². The molecular formula is C15H28N4O2S. The average molecular weight is 328 g/mol. The first-order valence-electron chi connectivity index (χ1n) is 7.99. The average Bonchev–Trinajstić information content (AvgIpc) is 2.94. The molecule has 1 unspecified atom stereocenters. The molecule has 1 saturated heterocycles. The van der Waals surface area contributed by atoms with E-state index >= 15 is 0 Å². The van der Waals surface area contributed by atoms with Crippen molar-refractivity contribution in [1.29, 1.82) is 0 Å². The molecule has 1 aromatic heterocycles. The fraction of sp³-hybridized carbons (Fsp3) is 0.867. The first kappa shape index (κ1) is 17.6. The normalized spacial score (nSPS) is 18.7. The summed E-state index contributed by atoms with van der Waals surface area (Å²) in [4.78, 5) is 9.11. The SMILES string of the molecule is CCc1nsc(N2CCN(CC(O)COC(C)(C)C)CC2)n1. The predicted octanol–water partition coefficient (Wildman–Crippen LogP) is 1.40. The summed E-state index contributed by atoms with van der Waals surface area (Å²) in [7, 11) is 0. The van der Waals surface area contributed by atoms with Crippen LogP contribution in [0.4, 0.5) is 5.13 Å². The Bertz CT molecular complexity index is 453. The number of aromatic nitrogens is 2. The Balaban J connectivity index is 1.72. The summed E-state index contributed by atoms with van der Waals surface area (Å²) in [6, 6.07) is 0. The van der Waals surface area contributed by atoms with E-state index < -0.39 is 6.10 Å². The van der Waals surface area contributed by atoms with Crippen LogP contribution in [-0.2, 0) is 11.2 Å². The molecule has 1 fully saturated rings. The Labute approximate surface area is 137 Å². The molecule has 0 saturated carbocycles. The van der Waals surface area contributed by atoms with Gasteiger partial charge in [0.1, 0.15) is 5.82 Å². The third-order valence-corrected chi connectivity index (χ3v) is 4.41. The van der Waals surface area contributed by atoms with Gasteiger partial charge in [-0.2, -0.15) is 4.37 Å². The van der Waals surface area contributed by atoms with Crippen LogP contribution in [-0.4, -0.2) is 70.4 Å². The van der Waals surface area contributed by atoms with Gasteiger partial charge in [0.15, 0.2) is 0 Å². The molecule has 0 amide bonds. The van der Waals surface area contributed by atoms with E-state index in [1.165, 1.54) is 11.5 Å². The second kappa shape index (κ2) is 7.68. The summed E-state index contributed by atoms with van der Waals surface area (Å²) >= 11 is 1.48. The smallest absolute Gasteiger partial charge is 0.205 e. The van der Waals surface area contributed by atoms with Crippen LogP contribution >= 0.6 is 11.5 Å². The number of aryl methyl sites for hydroxylation is 1. The molecule has 2 rings (SSSR count). The molecule has 1 N–H and O–H groups in total. The highest BCUT2D eigenvalue weighted by atomic mass is 32.1. The molecule has 6 nitrogen and oxygen atoms in total. The third-order valence-electron chi connectivity index (χ3n) is 3.59. The maximum absolute atomic E-state index is 10.1. The van der Waals surface area contributed by atoms with Gasteiger partial charge in [0.05, 0.1) is 18.3 Å². The van der Waals surface area contributed by atoms with E-state index in [-0.39, 0.29) is 5.60 Å². The highest BCUT2D eigenvalue weighted by molar-refractivity contribution is 7.09. The van der Waals surface area contributed by atoms with Crippen molar-refractivity contribution in [2.24, 2.45) is 0 Å². The Morgan fingerprint density at radius 2 is 1.95 bits per heavy atom. The fourth-order valence-electron chi connectivity index (χ4n) is 2.34. The van der Waals surface area contributed by atoms with Gasteiger partial charge in [-0.3, -0.25) is 4.90 Å². The van der Waals surface area contributed by atoms with Crippen LogP contribution in [0.3, 0.4) is 0 Å². The molecule has 1 atom stereocenters. The van der Waals surface area contributed by atoms with E-state index in [0.29, 0.717) is 13.2 Å². The molecule has 1 aromatic rings. The van der Waals surface area contributed by atoms with E-state index in [1.54, 1.807) is 0 Å². The number of aliphatic hydroxyl groups excluding tert-OH is 1. The summed E-state index contributed by atoms with van der Waals surface area (Å²) in [5, 5.41) is 11.1. The molecule has 0 bridgehead atoms. The van der Waals surface area contributed by atoms with E-state index in [4.69, 9.17) is 4.74 Å². The summed E-state index contributed by atoms with van der Waals surface area (Å²) in [6.07, 6.45) is 0.454. The molecule has 0 aliphatic carbocycles. The van der Waals surface area contributed by atoms with Gasteiger partial charge in [-0.1, -0.05) is 6.92 Å². The number of ether oxygens (including phenoxy) is 1. The second-order valence-corrected chi connectivity index (χ2v) is 7.44. The minimum atomic E-state index is -0.431. The van der Waals surface area contributed by atoms with Gasteiger partial charge >= 0.3 is 0 Å². The molecule has 2 heterocycles. The predicted molar refractivity (Wildman–Crippen MR) is 89.7 cm³/mol. The topological polar surface area (TPSA) is 61.7 Å². The first-order valence-corrected chi connectivity index (χ1v) is 8.76. The van der Waals surface area contributed by atoms with Crippen molar-refractivity contribution in [3.63, 3.8) is 0 Å². The minimum absolute atomic E-state index is 0.200. The quantitative estimate of drug-likeness (QED) is 0.852. The zero-order chi connectivity index (χ0) is 16.2. The summed E-state index contributed by atoms with van der Waals surface area (Å²) < 4.78 is 9.98. The molecule has 0 radical (unpaired) electrons. The van der Waals surface area contributed by atoms with Gasteiger partial charge in [-0.05, 0) is 20.8 Å². The minimum Gasteiger partial charge on any atom is -0.389 e. The monoisotopic (exact) mass is 328 g/mol. The van der Waals surface area contributed by atoms with E-state index in [2.05, 4.69) is 26.1 Å². The van der Waals surface area contributed by atoms with Crippen molar-refractivity contribution in [2.45, 2.75) is 45.8 Å². The lowest BCUT2D eigenvalue weighted by Gasteiger charge is -2.35. The molecule has 0 aromatic carbocycles. The molecule has 7 heteroatoms. The van der Waals surface area contributed by atoms with Crippen molar-refractivity contribution in [1.82, 2.24) is 14.3 Å². The van der Waals surface area contributed by atoms with Gasteiger partial charge in [-0.25, -0.2) is 4.98 Å². The van der Waals surface area contributed by atoms with E-state index in [0.717, 1.165) is 43.6 Å². The van der Waals surface area contributed by atoms with Gasteiger partial charge in [0, 0.05) is 50.7 Å². The van der Waals surface area contributed by atoms with Crippen LogP contribution in [0.25, 0.3) is 0 Å². The molecule has 126 valence electrons. The van der Waals surface area contributed by atoms with Gasteiger partial charge in [0.2, 0.25) is 5.13 Å². The summed E-state index contributed by atoms with van der Waals surface area (Å²) in [5.41, 5.74) is -0.200. The van der Waals surface area contributed by atoms with Crippen molar-refractivity contribution >= 4 is 16.7 Å². The second-order valence-electron chi connectivity index (χ2n) is 6.71.